The first kappa shape index (κ1) is 22.8. The molecule has 2 heterocycles. The van der Waals surface area contributed by atoms with Crippen molar-refractivity contribution in [2.45, 2.75) is 24.3 Å². The topological polar surface area (TPSA) is 109 Å². The number of carbonyl (C=O) groups is 2. The Morgan fingerprint density at radius 2 is 1.64 bits per heavy atom. The van der Waals surface area contributed by atoms with Crippen molar-refractivity contribution < 1.29 is 22.4 Å². The van der Waals surface area contributed by atoms with E-state index in [2.05, 4.69) is 10.0 Å². The van der Waals surface area contributed by atoms with Gasteiger partial charge in [0.15, 0.2) is 0 Å². The van der Waals surface area contributed by atoms with Crippen molar-refractivity contribution in [2.75, 3.05) is 18.4 Å². The van der Waals surface area contributed by atoms with E-state index in [4.69, 9.17) is 4.42 Å². The molecule has 3 aromatic rings. The standard InChI is InChI=1S/C24H25N3O5S/c28-23(26-20-5-2-1-3-6-20)18-12-14-27(15-13-18)24(29)19-8-10-22(11-9-19)33(30,31)25-17-21-7-4-16-32-21/h1-11,16,18,25H,12-15,17H2,(H,26,28). The van der Waals surface area contributed by atoms with Crippen LogP contribution in [0.4, 0.5) is 5.69 Å². The van der Waals surface area contributed by atoms with Gasteiger partial charge in [0.2, 0.25) is 15.9 Å². The van der Waals surface area contributed by atoms with E-state index in [0.29, 0.717) is 37.3 Å². The number of rotatable bonds is 7. The molecule has 2 amide bonds. The van der Waals surface area contributed by atoms with E-state index in [1.165, 1.54) is 30.5 Å². The summed E-state index contributed by atoms with van der Waals surface area (Å²) in [7, 11) is -3.73. The highest BCUT2D eigenvalue weighted by Crippen LogP contribution is 2.22. The van der Waals surface area contributed by atoms with E-state index in [1.807, 2.05) is 30.3 Å². The minimum atomic E-state index is -3.73. The molecule has 8 nitrogen and oxygen atoms in total. The van der Waals surface area contributed by atoms with Crippen molar-refractivity contribution in [3.63, 3.8) is 0 Å². The highest BCUT2D eigenvalue weighted by atomic mass is 32.2. The molecule has 1 aliphatic rings. The maximum Gasteiger partial charge on any atom is 0.253 e. The number of hydrogen-bond acceptors (Lipinski definition) is 5. The van der Waals surface area contributed by atoms with Gasteiger partial charge in [-0.25, -0.2) is 13.1 Å². The first-order chi connectivity index (χ1) is 15.9. The van der Waals surface area contributed by atoms with Gasteiger partial charge in [-0.05, 0) is 61.4 Å². The maximum absolute atomic E-state index is 12.9. The third-order valence-corrected chi connectivity index (χ3v) is 7.04. The van der Waals surface area contributed by atoms with Crippen molar-refractivity contribution in [2.24, 2.45) is 5.92 Å². The molecule has 0 atom stereocenters. The van der Waals surface area contributed by atoms with E-state index in [9.17, 15) is 18.0 Å². The number of likely N-dealkylation sites (tertiary alicyclic amines) is 1. The minimum absolute atomic E-state index is 0.0371. The summed E-state index contributed by atoms with van der Waals surface area (Å²) in [5.74, 6) is 0.141. The molecular formula is C24H25N3O5S. The van der Waals surface area contributed by atoms with E-state index < -0.39 is 10.0 Å². The number of para-hydroxylation sites is 1. The van der Waals surface area contributed by atoms with Crippen LogP contribution in [0.25, 0.3) is 0 Å². The number of sulfonamides is 1. The van der Waals surface area contributed by atoms with Gasteiger partial charge >= 0.3 is 0 Å². The SMILES string of the molecule is O=C(Nc1ccccc1)C1CCN(C(=O)c2ccc(S(=O)(=O)NCc3ccco3)cc2)CC1. The fraction of sp³-hybridized carbons (Fsp3) is 0.250. The average molecular weight is 468 g/mol. The number of hydrogen-bond donors (Lipinski definition) is 2. The molecule has 0 aliphatic carbocycles. The van der Waals surface area contributed by atoms with E-state index in [-0.39, 0.29) is 29.2 Å². The van der Waals surface area contributed by atoms with Crippen LogP contribution < -0.4 is 10.0 Å². The zero-order valence-electron chi connectivity index (χ0n) is 17.9. The summed E-state index contributed by atoms with van der Waals surface area (Å²) in [6.45, 7) is 0.982. The molecular weight excluding hydrogens is 442 g/mol. The zero-order chi connectivity index (χ0) is 23.3. The lowest BCUT2D eigenvalue weighted by atomic mass is 9.95. The molecule has 2 aromatic carbocycles. The Bertz CT molecular complexity index is 1180. The summed E-state index contributed by atoms with van der Waals surface area (Å²) in [5.41, 5.74) is 1.17. The van der Waals surface area contributed by atoms with Gasteiger partial charge in [-0.2, -0.15) is 0 Å². The maximum atomic E-state index is 12.9. The number of carbonyl (C=O) groups excluding carboxylic acids is 2. The van der Waals surface area contributed by atoms with Crippen LogP contribution in [-0.2, 0) is 21.4 Å². The Morgan fingerprint density at radius 1 is 0.939 bits per heavy atom. The predicted octanol–water partition coefficient (Wildman–Crippen LogP) is 3.25. The minimum Gasteiger partial charge on any atom is -0.468 e. The lowest BCUT2D eigenvalue weighted by Crippen LogP contribution is -2.41. The lowest BCUT2D eigenvalue weighted by molar-refractivity contribution is -0.121. The second-order valence-electron chi connectivity index (χ2n) is 7.85. The fourth-order valence-corrected chi connectivity index (χ4v) is 4.73. The fourth-order valence-electron chi connectivity index (χ4n) is 3.73. The molecule has 9 heteroatoms. The zero-order valence-corrected chi connectivity index (χ0v) is 18.8. The van der Waals surface area contributed by atoms with Crippen molar-refractivity contribution in [1.82, 2.24) is 9.62 Å². The Labute approximate surface area is 192 Å². The Morgan fingerprint density at radius 3 is 2.27 bits per heavy atom. The van der Waals surface area contributed by atoms with Gasteiger partial charge in [-0.15, -0.1) is 0 Å². The van der Waals surface area contributed by atoms with Gasteiger partial charge < -0.3 is 14.6 Å². The smallest absolute Gasteiger partial charge is 0.253 e. The molecule has 0 bridgehead atoms. The van der Waals surface area contributed by atoms with Gasteiger partial charge in [0.05, 0.1) is 17.7 Å². The van der Waals surface area contributed by atoms with Crippen molar-refractivity contribution in [1.29, 1.82) is 0 Å². The summed E-state index contributed by atoms with van der Waals surface area (Å²) < 4.78 is 32.5. The van der Waals surface area contributed by atoms with Crippen LogP contribution in [0.5, 0.6) is 0 Å². The van der Waals surface area contributed by atoms with E-state index >= 15 is 0 Å². The molecule has 0 saturated carbocycles. The van der Waals surface area contributed by atoms with E-state index in [0.717, 1.165) is 5.69 Å². The largest absolute Gasteiger partial charge is 0.468 e. The third-order valence-electron chi connectivity index (χ3n) is 5.62. The number of nitrogens with zero attached hydrogens (tertiary/aromatic N) is 1. The molecule has 2 N–H and O–H groups in total. The summed E-state index contributed by atoms with van der Waals surface area (Å²) >= 11 is 0. The second kappa shape index (κ2) is 10.0. The van der Waals surface area contributed by atoms with Gasteiger partial charge in [0, 0.05) is 30.3 Å². The van der Waals surface area contributed by atoms with Crippen molar-refractivity contribution in [3.05, 3.63) is 84.3 Å². The third kappa shape index (κ3) is 5.68. The number of amides is 2. The van der Waals surface area contributed by atoms with Crippen LogP contribution in [0.1, 0.15) is 29.0 Å². The number of benzene rings is 2. The van der Waals surface area contributed by atoms with Crippen LogP contribution in [0.15, 0.2) is 82.3 Å². The van der Waals surface area contributed by atoms with Crippen molar-refractivity contribution in [3.8, 4) is 0 Å². The Balaban J connectivity index is 1.31. The number of anilines is 1. The van der Waals surface area contributed by atoms with Crippen LogP contribution in [-0.4, -0.2) is 38.2 Å². The first-order valence-electron chi connectivity index (χ1n) is 10.7. The van der Waals surface area contributed by atoms with Gasteiger partial charge in [-0.3, -0.25) is 9.59 Å². The van der Waals surface area contributed by atoms with E-state index in [1.54, 1.807) is 17.0 Å². The molecule has 1 fully saturated rings. The highest BCUT2D eigenvalue weighted by Gasteiger charge is 2.28. The van der Waals surface area contributed by atoms with Crippen LogP contribution in [0, 0.1) is 5.92 Å². The second-order valence-corrected chi connectivity index (χ2v) is 9.62. The molecule has 0 spiro atoms. The van der Waals surface area contributed by atoms with Crippen LogP contribution in [0.2, 0.25) is 0 Å². The molecule has 1 aliphatic heterocycles. The van der Waals surface area contributed by atoms with Gasteiger partial charge in [0.1, 0.15) is 5.76 Å². The van der Waals surface area contributed by atoms with Gasteiger partial charge in [0.25, 0.3) is 5.91 Å². The Hall–Kier alpha value is -3.43. The number of piperidine rings is 1. The predicted molar refractivity (Wildman–Crippen MR) is 123 cm³/mol. The lowest BCUT2D eigenvalue weighted by Gasteiger charge is -2.31. The normalized spacial score (nSPS) is 14.7. The van der Waals surface area contributed by atoms with Gasteiger partial charge in [-0.1, -0.05) is 18.2 Å². The average Bonchev–Trinajstić information content (AvgIpc) is 3.37. The van der Waals surface area contributed by atoms with Crippen LogP contribution in [0.3, 0.4) is 0 Å². The molecule has 1 aromatic heterocycles. The van der Waals surface area contributed by atoms with Crippen LogP contribution >= 0.6 is 0 Å². The molecule has 0 unspecified atom stereocenters. The Kier molecular flexibility index (Phi) is 6.90. The quantitative estimate of drug-likeness (QED) is 0.555. The van der Waals surface area contributed by atoms with Crippen molar-refractivity contribution >= 4 is 27.5 Å². The number of furan rings is 1. The summed E-state index contributed by atoms with van der Waals surface area (Å²) in [6.07, 6.45) is 2.63. The molecule has 4 rings (SSSR count). The molecule has 1 saturated heterocycles. The first-order valence-corrected chi connectivity index (χ1v) is 12.2. The molecule has 172 valence electrons. The summed E-state index contributed by atoms with van der Waals surface area (Å²) in [4.78, 5) is 27.1. The number of nitrogens with one attached hydrogen (secondary N) is 2. The monoisotopic (exact) mass is 467 g/mol. The summed E-state index contributed by atoms with van der Waals surface area (Å²) in [6, 6.07) is 18.5. The molecule has 0 radical (unpaired) electrons. The molecule has 33 heavy (non-hydrogen) atoms. The summed E-state index contributed by atoms with van der Waals surface area (Å²) in [5, 5.41) is 2.92. The highest BCUT2D eigenvalue weighted by molar-refractivity contribution is 7.89.